The lowest BCUT2D eigenvalue weighted by atomic mass is 10.3. The smallest absolute Gasteiger partial charge is 0.246 e. The number of nitrogens with zero attached hydrogens (tertiary/aromatic N) is 1. The van der Waals surface area contributed by atoms with Gasteiger partial charge in [-0.15, -0.1) is 11.3 Å². The molecule has 0 aliphatic carbocycles. The Morgan fingerprint density at radius 2 is 2.06 bits per heavy atom. The van der Waals surface area contributed by atoms with Gasteiger partial charge >= 0.3 is 0 Å². The quantitative estimate of drug-likeness (QED) is 0.760. The molecule has 1 fully saturated rings. The van der Waals surface area contributed by atoms with Gasteiger partial charge in [0.05, 0.1) is 12.2 Å². The van der Waals surface area contributed by atoms with E-state index >= 15 is 0 Å². The fraction of sp³-hybridized carbons (Fsp3) is 0.417. The third kappa shape index (κ3) is 2.94. The number of aliphatic hydroxyl groups is 2. The summed E-state index contributed by atoms with van der Waals surface area (Å²) in [4.78, 5) is 15.4. The van der Waals surface area contributed by atoms with Gasteiger partial charge < -0.3 is 15.1 Å². The van der Waals surface area contributed by atoms with Crippen LogP contribution in [0.1, 0.15) is 9.75 Å². The van der Waals surface area contributed by atoms with Crippen molar-refractivity contribution in [1.29, 1.82) is 0 Å². The summed E-state index contributed by atoms with van der Waals surface area (Å²) in [5.41, 5.74) is 0. The highest BCUT2D eigenvalue weighted by Gasteiger charge is 2.31. The third-order valence-corrected chi connectivity index (χ3v) is 3.69. The molecule has 4 nitrogen and oxygen atoms in total. The Bertz CT molecular complexity index is 431. The van der Waals surface area contributed by atoms with E-state index in [0.29, 0.717) is 0 Å². The molecule has 92 valence electrons. The fourth-order valence-corrected chi connectivity index (χ4v) is 2.53. The molecule has 2 N–H and O–H groups in total. The number of thiophene rings is 1. The number of carbonyl (C=O) groups excluding carboxylic acids is 1. The van der Waals surface area contributed by atoms with Gasteiger partial charge in [0.2, 0.25) is 5.91 Å². The first-order valence-electron chi connectivity index (χ1n) is 5.46. The van der Waals surface area contributed by atoms with E-state index in [4.69, 9.17) is 0 Å². The minimum atomic E-state index is -0.823. The molecule has 1 aromatic heterocycles. The van der Waals surface area contributed by atoms with E-state index in [1.165, 1.54) is 15.9 Å². The summed E-state index contributed by atoms with van der Waals surface area (Å²) in [5, 5.41) is 18.7. The summed E-state index contributed by atoms with van der Waals surface area (Å²) in [6.07, 6.45) is 1.60. The largest absolute Gasteiger partial charge is 0.388 e. The zero-order chi connectivity index (χ0) is 12.4. The van der Waals surface area contributed by atoms with Crippen molar-refractivity contribution in [2.75, 3.05) is 13.1 Å². The molecular weight excluding hydrogens is 238 g/mol. The van der Waals surface area contributed by atoms with Gasteiger partial charge in [-0.05, 0) is 25.1 Å². The Kier molecular flexibility index (Phi) is 3.61. The molecule has 1 saturated heterocycles. The lowest BCUT2D eigenvalue weighted by molar-refractivity contribution is -0.125. The molecule has 2 heterocycles. The van der Waals surface area contributed by atoms with E-state index in [1.807, 2.05) is 19.1 Å². The Labute approximate surface area is 104 Å². The van der Waals surface area contributed by atoms with Crippen LogP contribution in [0, 0.1) is 6.92 Å². The molecule has 1 aromatic rings. The molecule has 5 heteroatoms. The summed E-state index contributed by atoms with van der Waals surface area (Å²) >= 11 is 1.62. The second-order valence-electron chi connectivity index (χ2n) is 4.16. The van der Waals surface area contributed by atoms with Gasteiger partial charge in [-0.1, -0.05) is 0 Å². The Hall–Kier alpha value is -1.17. The van der Waals surface area contributed by atoms with Crippen LogP contribution in [0.5, 0.6) is 0 Å². The van der Waals surface area contributed by atoms with Crippen LogP contribution in [0.15, 0.2) is 18.2 Å². The SMILES string of the molecule is Cc1ccc(C=CC(=O)N2C[C@@H](O)[C@@H](O)C2)s1. The van der Waals surface area contributed by atoms with Crippen molar-refractivity contribution in [1.82, 2.24) is 4.90 Å². The van der Waals surface area contributed by atoms with Crippen molar-refractivity contribution in [3.8, 4) is 0 Å². The number of aliphatic hydroxyl groups excluding tert-OH is 2. The topological polar surface area (TPSA) is 60.8 Å². The molecule has 0 saturated carbocycles. The molecule has 1 amide bonds. The molecule has 0 bridgehead atoms. The zero-order valence-electron chi connectivity index (χ0n) is 9.54. The maximum Gasteiger partial charge on any atom is 0.246 e. The normalized spacial score (nSPS) is 24.8. The first-order valence-corrected chi connectivity index (χ1v) is 6.27. The maximum absolute atomic E-state index is 11.7. The van der Waals surface area contributed by atoms with Gasteiger partial charge in [0, 0.05) is 28.9 Å². The third-order valence-electron chi connectivity index (χ3n) is 2.72. The maximum atomic E-state index is 11.7. The van der Waals surface area contributed by atoms with E-state index in [9.17, 15) is 15.0 Å². The van der Waals surface area contributed by atoms with E-state index in [0.717, 1.165) is 4.88 Å². The fourth-order valence-electron chi connectivity index (χ4n) is 1.75. The molecule has 1 aliphatic heterocycles. The summed E-state index contributed by atoms with van der Waals surface area (Å²) < 4.78 is 0. The Morgan fingerprint density at radius 3 is 2.59 bits per heavy atom. The van der Waals surface area contributed by atoms with E-state index in [-0.39, 0.29) is 19.0 Å². The van der Waals surface area contributed by atoms with Gasteiger partial charge in [0.15, 0.2) is 0 Å². The van der Waals surface area contributed by atoms with Crippen LogP contribution in [0.2, 0.25) is 0 Å². The molecule has 0 radical (unpaired) electrons. The predicted molar refractivity (Wildman–Crippen MR) is 66.7 cm³/mol. The molecular formula is C12H15NO3S. The predicted octanol–water partition coefficient (Wildman–Crippen LogP) is 0.634. The van der Waals surface area contributed by atoms with Gasteiger partial charge in [-0.2, -0.15) is 0 Å². The van der Waals surface area contributed by atoms with Crippen molar-refractivity contribution in [3.05, 3.63) is 28.0 Å². The van der Waals surface area contributed by atoms with E-state index in [1.54, 1.807) is 17.4 Å². The summed E-state index contributed by atoms with van der Waals surface area (Å²) in [7, 11) is 0. The molecule has 1 aliphatic rings. The van der Waals surface area contributed by atoms with Crippen molar-refractivity contribution in [3.63, 3.8) is 0 Å². The number of likely N-dealkylation sites (tertiary alicyclic amines) is 1. The number of amides is 1. The number of carbonyl (C=O) groups is 1. The minimum Gasteiger partial charge on any atom is -0.388 e. The summed E-state index contributed by atoms with van der Waals surface area (Å²) in [6, 6.07) is 3.95. The van der Waals surface area contributed by atoms with Crippen LogP contribution >= 0.6 is 11.3 Å². The van der Waals surface area contributed by atoms with Crippen LogP contribution in [0.25, 0.3) is 6.08 Å². The van der Waals surface area contributed by atoms with E-state index in [2.05, 4.69) is 0 Å². The number of β-amino-alcohol motifs (C(OH)–C–C–N with tert-alkyl or cyclic N) is 2. The molecule has 0 spiro atoms. The molecule has 0 unspecified atom stereocenters. The van der Waals surface area contributed by atoms with Crippen molar-refractivity contribution in [2.24, 2.45) is 0 Å². The molecule has 2 rings (SSSR count). The number of hydrogen-bond acceptors (Lipinski definition) is 4. The van der Waals surface area contributed by atoms with Gasteiger partial charge in [-0.25, -0.2) is 0 Å². The molecule has 0 aromatic carbocycles. The summed E-state index contributed by atoms with van der Waals surface area (Å²) in [5.74, 6) is -0.174. The molecule has 2 atom stereocenters. The van der Waals surface area contributed by atoms with Crippen molar-refractivity contribution in [2.45, 2.75) is 19.1 Å². The van der Waals surface area contributed by atoms with Gasteiger partial charge in [0.1, 0.15) is 0 Å². The Balaban J connectivity index is 1.96. The highest BCUT2D eigenvalue weighted by atomic mass is 32.1. The number of aryl methyl sites for hydroxylation is 1. The minimum absolute atomic E-state index is 0.174. The highest BCUT2D eigenvalue weighted by Crippen LogP contribution is 2.17. The van der Waals surface area contributed by atoms with Crippen LogP contribution in [-0.2, 0) is 4.79 Å². The van der Waals surface area contributed by atoms with Crippen molar-refractivity contribution < 1.29 is 15.0 Å². The molecule has 17 heavy (non-hydrogen) atoms. The lowest BCUT2D eigenvalue weighted by Gasteiger charge is -2.11. The van der Waals surface area contributed by atoms with Crippen LogP contribution in [0.4, 0.5) is 0 Å². The van der Waals surface area contributed by atoms with Gasteiger partial charge in [0.25, 0.3) is 0 Å². The first-order chi connectivity index (χ1) is 8.06. The average molecular weight is 253 g/mol. The van der Waals surface area contributed by atoms with Crippen LogP contribution in [-0.4, -0.2) is 46.3 Å². The second kappa shape index (κ2) is 5.00. The summed E-state index contributed by atoms with van der Waals surface area (Å²) in [6.45, 7) is 2.42. The monoisotopic (exact) mass is 253 g/mol. The first kappa shape index (κ1) is 12.3. The average Bonchev–Trinajstić information content (AvgIpc) is 2.83. The van der Waals surface area contributed by atoms with E-state index < -0.39 is 12.2 Å². The Morgan fingerprint density at radius 1 is 1.41 bits per heavy atom. The van der Waals surface area contributed by atoms with Gasteiger partial charge in [-0.3, -0.25) is 4.79 Å². The zero-order valence-corrected chi connectivity index (χ0v) is 10.4. The standard InChI is InChI=1S/C12H15NO3S/c1-8-2-3-9(17-8)4-5-12(16)13-6-10(14)11(15)7-13/h2-5,10-11,14-15H,6-7H2,1H3/t10-,11+. The highest BCUT2D eigenvalue weighted by molar-refractivity contribution is 7.12. The lowest BCUT2D eigenvalue weighted by Crippen LogP contribution is -2.27. The van der Waals surface area contributed by atoms with Crippen LogP contribution in [0.3, 0.4) is 0 Å². The second-order valence-corrected chi connectivity index (χ2v) is 5.48. The van der Waals surface area contributed by atoms with Crippen molar-refractivity contribution >= 4 is 23.3 Å². The number of hydrogen-bond donors (Lipinski definition) is 2. The van der Waals surface area contributed by atoms with Crippen LogP contribution < -0.4 is 0 Å². The number of rotatable bonds is 2.